The molecular formula is C20H15Cl2N3O2. The minimum Gasteiger partial charge on any atom is -0.497 e. The molecule has 1 aromatic heterocycles. The molecule has 0 saturated heterocycles. The van der Waals surface area contributed by atoms with Crippen molar-refractivity contribution in [3.63, 3.8) is 0 Å². The van der Waals surface area contributed by atoms with Gasteiger partial charge >= 0.3 is 0 Å². The van der Waals surface area contributed by atoms with Crippen molar-refractivity contribution in [2.24, 2.45) is 0 Å². The van der Waals surface area contributed by atoms with Crippen LogP contribution in [0.15, 0.2) is 60.8 Å². The summed E-state index contributed by atoms with van der Waals surface area (Å²) in [6, 6.07) is 16.0. The third-order valence-corrected chi connectivity index (χ3v) is 4.74. The number of carbonyl (C=O) groups is 1. The molecule has 136 valence electrons. The van der Waals surface area contributed by atoms with Crippen LogP contribution in [0.3, 0.4) is 0 Å². The number of anilines is 2. The van der Waals surface area contributed by atoms with Crippen LogP contribution in [0.1, 0.15) is 22.2 Å². The molecule has 0 aliphatic carbocycles. The van der Waals surface area contributed by atoms with E-state index in [0.29, 0.717) is 38.4 Å². The fourth-order valence-corrected chi connectivity index (χ4v) is 3.67. The Morgan fingerprint density at radius 2 is 1.85 bits per heavy atom. The van der Waals surface area contributed by atoms with Gasteiger partial charge in [0.1, 0.15) is 5.75 Å². The Morgan fingerprint density at radius 1 is 1.07 bits per heavy atom. The Hall–Kier alpha value is -2.76. The van der Waals surface area contributed by atoms with Gasteiger partial charge in [0.25, 0.3) is 5.91 Å². The molecule has 4 rings (SSSR count). The summed E-state index contributed by atoms with van der Waals surface area (Å²) < 4.78 is 5.30. The van der Waals surface area contributed by atoms with E-state index >= 15 is 0 Å². The zero-order valence-electron chi connectivity index (χ0n) is 14.3. The molecule has 1 N–H and O–H groups in total. The number of methoxy groups -OCH3 is 1. The van der Waals surface area contributed by atoms with Crippen LogP contribution in [0.5, 0.6) is 5.75 Å². The van der Waals surface area contributed by atoms with Crippen molar-refractivity contribution in [2.75, 3.05) is 17.3 Å². The molecule has 0 radical (unpaired) electrons. The fourth-order valence-electron chi connectivity index (χ4n) is 3.14. The highest BCUT2D eigenvalue weighted by Gasteiger charge is 2.39. The van der Waals surface area contributed by atoms with E-state index in [1.54, 1.807) is 48.5 Å². The molecule has 5 nitrogen and oxygen atoms in total. The number of rotatable bonds is 4. The van der Waals surface area contributed by atoms with E-state index in [-0.39, 0.29) is 5.91 Å². The van der Waals surface area contributed by atoms with Crippen molar-refractivity contribution >= 4 is 40.5 Å². The molecule has 0 spiro atoms. The summed E-state index contributed by atoms with van der Waals surface area (Å²) in [5.41, 5.74) is 2.58. The highest BCUT2D eigenvalue weighted by atomic mass is 35.5. The van der Waals surface area contributed by atoms with Gasteiger partial charge in [0, 0.05) is 28.0 Å². The van der Waals surface area contributed by atoms with Gasteiger partial charge in [-0.15, -0.1) is 0 Å². The first kappa shape index (κ1) is 17.6. The molecule has 7 heteroatoms. The number of aromatic nitrogens is 1. The highest BCUT2D eigenvalue weighted by Crippen LogP contribution is 2.38. The second-order valence-corrected chi connectivity index (χ2v) is 6.89. The van der Waals surface area contributed by atoms with E-state index in [1.165, 1.54) is 0 Å². The molecule has 1 amide bonds. The van der Waals surface area contributed by atoms with Gasteiger partial charge in [-0.25, -0.2) is 0 Å². The van der Waals surface area contributed by atoms with E-state index in [1.807, 2.05) is 24.3 Å². The van der Waals surface area contributed by atoms with Crippen LogP contribution in [0, 0.1) is 0 Å². The van der Waals surface area contributed by atoms with Gasteiger partial charge in [-0.2, -0.15) is 0 Å². The number of benzene rings is 2. The van der Waals surface area contributed by atoms with Crippen LogP contribution in [-0.2, 0) is 0 Å². The first-order valence-electron chi connectivity index (χ1n) is 8.22. The van der Waals surface area contributed by atoms with Crippen LogP contribution in [0.25, 0.3) is 0 Å². The minimum absolute atomic E-state index is 0.142. The Kier molecular flexibility index (Phi) is 4.64. The van der Waals surface area contributed by atoms with Crippen molar-refractivity contribution in [2.45, 2.75) is 6.17 Å². The maximum atomic E-state index is 13.1. The average molecular weight is 400 g/mol. The van der Waals surface area contributed by atoms with Gasteiger partial charge in [-0.1, -0.05) is 29.3 Å². The predicted molar refractivity (Wildman–Crippen MR) is 107 cm³/mol. The van der Waals surface area contributed by atoms with E-state index < -0.39 is 6.17 Å². The number of nitrogens with zero attached hydrogens (tertiary/aromatic N) is 2. The SMILES string of the molecule is COc1cccc(N2C(=O)c3cccnc3[C@H]2Nc2cc(Cl)cc(Cl)c2)c1. The van der Waals surface area contributed by atoms with Crippen LogP contribution >= 0.6 is 23.2 Å². The molecule has 2 aromatic carbocycles. The largest absolute Gasteiger partial charge is 0.497 e. The first-order valence-corrected chi connectivity index (χ1v) is 8.97. The number of halogens is 2. The summed E-state index contributed by atoms with van der Waals surface area (Å²) in [5, 5.41) is 4.33. The summed E-state index contributed by atoms with van der Waals surface area (Å²) in [6.45, 7) is 0. The Bertz CT molecular complexity index is 1010. The van der Waals surface area contributed by atoms with Gasteiger partial charge in [0.15, 0.2) is 6.17 Å². The zero-order valence-corrected chi connectivity index (χ0v) is 15.8. The third kappa shape index (κ3) is 3.31. The molecule has 2 heterocycles. The van der Waals surface area contributed by atoms with Gasteiger partial charge in [-0.05, 0) is 42.5 Å². The minimum atomic E-state index is -0.504. The van der Waals surface area contributed by atoms with E-state index in [4.69, 9.17) is 27.9 Å². The maximum absolute atomic E-state index is 13.1. The van der Waals surface area contributed by atoms with E-state index in [2.05, 4.69) is 10.3 Å². The summed E-state index contributed by atoms with van der Waals surface area (Å²) in [6.07, 6.45) is 1.16. The molecular weight excluding hydrogens is 385 g/mol. The predicted octanol–water partition coefficient (Wildman–Crippen LogP) is 5.17. The number of carbonyl (C=O) groups excluding carboxylic acids is 1. The molecule has 0 fully saturated rings. The Labute approximate surface area is 166 Å². The quantitative estimate of drug-likeness (QED) is 0.657. The summed E-state index contributed by atoms with van der Waals surface area (Å²) in [7, 11) is 1.59. The molecule has 27 heavy (non-hydrogen) atoms. The number of ether oxygens (including phenoxy) is 1. The lowest BCUT2D eigenvalue weighted by Gasteiger charge is -2.27. The summed E-state index contributed by atoms with van der Waals surface area (Å²) in [5.74, 6) is 0.519. The van der Waals surface area contributed by atoms with Gasteiger partial charge in [0.05, 0.1) is 24.1 Å². The lowest BCUT2D eigenvalue weighted by molar-refractivity contribution is 0.0993. The highest BCUT2D eigenvalue weighted by molar-refractivity contribution is 6.35. The monoisotopic (exact) mass is 399 g/mol. The van der Waals surface area contributed by atoms with Gasteiger partial charge in [-0.3, -0.25) is 14.7 Å². The number of nitrogens with one attached hydrogen (secondary N) is 1. The summed E-state index contributed by atoms with van der Waals surface area (Å²) in [4.78, 5) is 19.2. The smallest absolute Gasteiger partial charge is 0.262 e. The van der Waals surface area contributed by atoms with Gasteiger partial charge in [0.2, 0.25) is 0 Å². The summed E-state index contributed by atoms with van der Waals surface area (Å²) >= 11 is 12.2. The van der Waals surface area contributed by atoms with Crippen LogP contribution < -0.4 is 15.0 Å². The number of pyridine rings is 1. The number of hydrogen-bond acceptors (Lipinski definition) is 4. The van der Waals surface area contributed by atoms with E-state index in [0.717, 1.165) is 0 Å². The zero-order chi connectivity index (χ0) is 19.0. The molecule has 0 bridgehead atoms. The first-order chi connectivity index (χ1) is 13.1. The molecule has 1 aliphatic rings. The van der Waals surface area contributed by atoms with Crippen molar-refractivity contribution in [1.29, 1.82) is 0 Å². The molecule has 0 unspecified atom stereocenters. The van der Waals surface area contributed by atoms with Crippen LogP contribution in [-0.4, -0.2) is 18.0 Å². The van der Waals surface area contributed by atoms with Crippen molar-refractivity contribution in [3.05, 3.63) is 82.1 Å². The van der Waals surface area contributed by atoms with E-state index in [9.17, 15) is 4.79 Å². The maximum Gasteiger partial charge on any atom is 0.262 e. The fraction of sp³-hybridized carbons (Fsp3) is 0.100. The third-order valence-electron chi connectivity index (χ3n) is 4.30. The second kappa shape index (κ2) is 7.10. The molecule has 1 aliphatic heterocycles. The average Bonchev–Trinajstić information content (AvgIpc) is 2.93. The van der Waals surface area contributed by atoms with Crippen molar-refractivity contribution in [3.8, 4) is 5.75 Å². The lowest BCUT2D eigenvalue weighted by atomic mass is 10.2. The van der Waals surface area contributed by atoms with Gasteiger partial charge < -0.3 is 10.1 Å². The number of fused-ring (bicyclic) bond motifs is 1. The standard InChI is InChI=1S/C20H15Cl2N3O2/c1-27-16-5-2-4-15(11-16)25-19(18-17(20(25)26)6-3-7-23-18)24-14-9-12(21)8-13(22)10-14/h2-11,19,24H,1H3/t19-/m0/s1. The number of amides is 1. The Balaban J connectivity index is 1.80. The Morgan fingerprint density at radius 3 is 2.59 bits per heavy atom. The molecule has 3 aromatic rings. The molecule has 0 saturated carbocycles. The topological polar surface area (TPSA) is 54.5 Å². The van der Waals surface area contributed by atoms with Crippen molar-refractivity contribution < 1.29 is 9.53 Å². The van der Waals surface area contributed by atoms with Crippen LogP contribution in [0.4, 0.5) is 11.4 Å². The number of hydrogen-bond donors (Lipinski definition) is 1. The lowest BCUT2D eigenvalue weighted by Crippen LogP contribution is -2.32. The molecule has 1 atom stereocenters. The van der Waals surface area contributed by atoms with Crippen molar-refractivity contribution in [1.82, 2.24) is 4.98 Å². The normalized spacial score (nSPS) is 15.6. The van der Waals surface area contributed by atoms with Crippen LogP contribution in [0.2, 0.25) is 10.0 Å². The second-order valence-electron chi connectivity index (χ2n) is 6.02.